The molecule has 5 nitrogen and oxygen atoms in total. The lowest BCUT2D eigenvalue weighted by atomic mass is 10.3. The summed E-state index contributed by atoms with van der Waals surface area (Å²) in [6, 6.07) is 5.93. The number of hydrogen-bond donors (Lipinski definition) is 1. The quantitative estimate of drug-likeness (QED) is 0.822. The summed E-state index contributed by atoms with van der Waals surface area (Å²) in [5.41, 5.74) is 1.04. The van der Waals surface area contributed by atoms with Crippen molar-refractivity contribution in [2.75, 3.05) is 31.1 Å². The predicted molar refractivity (Wildman–Crippen MR) is 66.4 cm³/mol. The summed E-state index contributed by atoms with van der Waals surface area (Å²) in [6.07, 6.45) is 5.57. The second-order valence-electron chi connectivity index (χ2n) is 4.03. The SMILES string of the molecule is c1cnc(N2CCNCC2)c(-n2cccn2)c1. The lowest BCUT2D eigenvalue weighted by Gasteiger charge is -2.29. The molecule has 0 unspecified atom stereocenters. The van der Waals surface area contributed by atoms with Crippen molar-refractivity contribution in [3.05, 3.63) is 36.8 Å². The van der Waals surface area contributed by atoms with Gasteiger partial charge in [0.05, 0.1) is 0 Å². The van der Waals surface area contributed by atoms with E-state index in [1.54, 1.807) is 6.20 Å². The number of rotatable bonds is 2. The largest absolute Gasteiger partial charge is 0.352 e. The minimum atomic E-state index is 0.991. The number of hydrogen-bond acceptors (Lipinski definition) is 4. The molecule has 0 atom stereocenters. The maximum Gasteiger partial charge on any atom is 0.154 e. The van der Waals surface area contributed by atoms with E-state index in [1.165, 1.54) is 0 Å². The van der Waals surface area contributed by atoms with E-state index in [-0.39, 0.29) is 0 Å². The van der Waals surface area contributed by atoms with E-state index in [0.29, 0.717) is 0 Å². The van der Waals surface area contributed by atoms with Crippen molar-refractivity contribution in [2.24, 2.45) is 0 Å². The number of piperazine rings is 1. The zero-order chi connectivity index (χ0) is 11.5. The Morgan fingerprint density at radius 2 is 2.00 bits per heavy atom. The lowest BCUT2D eigenvalue weighted by molar-refractivity contribution is 0.583. The molecular formula is C12H15N5. The van der Waals surface area contributed by atoms with E-state index in [9.17, 15) is 0 Å². The van der Waals surface area contributed by atoms with Gasteiger partial charge in [-0.3, -0.25) is 0 Å². The summed E-state index contributed by atoms with van der Waals surface area (Å²) in [5.74, 6) is 1.01. The van der Waals surface area contributed by atoms with Crippen LogP contribution in [0.5, 0.6) is 0 Å². The van der Waals surface area contributed by atoms with E-state index in [1.807, 2.05) is 29.2 Å². The molecular weight excluding hydrogens is 214 g/mol. The monoisotopic (exact) mass is 229 g/mol. The molecule has 0 aromatic carbocycles. The van der Waals surface area contributed by atoms with Crippen LogP contribution in [-0.4, -0.2) is 40.9 Å². The molecule has 0 aliphatic carbocycles. The van der Waals surface area contributed by atoms with Crippen LogP contribution in [0.4, 0.5) is 5.82 Å². The summed E-state index contributed by atoms with van der Waals surface area (Å²) in [7, 11) is 0. The van der Waals surface area contributed by atoms with Crippen LogP contribution in [0.2, 0.25) is 0 Å². The second-order valence-corrected chi connectivity index (χ2v) is 4.03. The van der Waals surface area contributed by atoms with Gasteiger partial charge in [0, 0.05) is 44.8 Å². The van der Waals surface area contributed by atoms with Crippen LogP contribution in [0.15, 0.2) is 36.8 Å². The Morgan fingerprint density at radius 1 is 1.12 bits per heavy atom. The summed E-state index contributed by atoms with van der Waals surface area (Å²) in [6.45, 7) is 4.00. The smallest absolute Gasteiger partial charge is 0.154 e. The number of pyridine rings is 1. The third-order valence-corrected chi connectivity index (χ3v) is 2.93. The topological polar surface area (TPSA) is 46.0 Å². The maximum atomic E-state index is 4.50. The van der Waals surface area contributed by atoms with Gasteiger partial charge in [0.1, 0.15) is 5.69 Å². The molecule has 0 amide bonds. The summed E-state index contributed by atoms with van der Waals surface area (Å²) in [5, 5.41) is 7.62. The molecule has 3 rings (SSSR count). The molecule has 88 valence electrons. The van der Waals surface area contributed by atoms with Gasteiger partial charge in [-0.2, -0.15) is 5.10 Å². The lowest BCUT2D eigenvalue weighted by Crippen LogP contribution is -2.44. The summed E-state index contributed by atoms with van der Waals surface area (Å²) in [4.78, 5) is 6.79. The van der Waals surface area contributed by atoms with Crippen LogP contribution < -0.4 is 10.2 Å². The Morgan fingerprint density at radius 3 is 2.76 bits per heavy atom. The maximum absolute atomic E-state index is 4.50. The van der Waals surface area contributed by atoms with Gasteiger partial charge in [-0.15, -0.1) is 0 Å². The molecule has 1 aliphatic rings. The van der Waals surface area contributed by atoms with Crippen molar-refractivity contribution in [2.45, 2.75) is 0 Å². The summed E-state index contributed by atoms with van der Waals surface area (Å²) < 4.78 is 1.87. The molecule has 2 aromatic rings. The first-order chi connectivity index (χ1) is 8.45. The standard InChI is InChI=1S/C12H15N5/c1-3-11(17-8-2-5-15-17)12(14-4-1)16-9-6-13-7-10-16/h1-5,8,13H,6-7,9-10H2. The van der Waals surface area contributed by atoms with Gasteiger partial charge in [0.25, 0.3) is 0 Å². The molecule has 17 heavy (non-hydrogen) atoms. The Balaban J connectivity index is 1.98. The number of aromatic nitrogens is 3. The van der Waals surface area contributed by atoms with Crippen LogP contribution in [0, 0.1) is 0 Å². The predicted octanol–water partition coefficient (Wildman–Crippen LogP) is 0.677. The van der Waals surface area contributed by atoms with E-state index in [4.69, 9.17) is 0 Å². The molecule has 1 N–H and O–H groups in total. The highest BCUT2D eigenvalue weighted by atomic mass is 15.3. The van der Waals surface area contributed by atoms with Gasteiger partial charge in [-0.1, -0.05) is 0 Å². The molecule has 1 saturated heterocycles. The van der Waals surface area contributed by atoms with E-state index < -0.39 is 0 Å². The van der Waals surface area contributed by atoms with Gasteiger partial charge < -0.3 is 10.2 Å². The van der Waals surface area contributed by atoms with Crippen LogP contribution in [-0.2, 0) is 0 Å². The highest BCUT2D eigenvalue weighted by Gasteiger charge is 2.15. The number of anilines is 1. The summed E-state index contributed by atoms with van der Waals surface area (Å²) >= 11 is 0. The van der Waals surface area contributed by atoms with Crippen molar-refractivity contribution in [3.8, 4) is 5.69 Å². The molecule has 3 heterocycles. The number of nitrogens with zero attached hydrogens (tertiary/aromatic N) is 4. The highest BCUT2D eigenvalue weighted by Crippen LogP contribution is 2.20. The first-order valence-corrected chi connectivity index (χ1v) is 5.86. The van der Waals surface area contributed by atoms with Gasteiger partial charge in [-0.25, -0.2) is 9.67 Å². The fraction of sp³-hybridized carbons (Fsp3) is 0.333. The first-order valence-electron chi connectivity index (χ1n) is 5.86. The van der Waals surface area contributed by atoms with Crippen molar-refractivity contribution in [1.82, 2.24) is 20.1 Å². The van der Waals surface area contributed by atoms with Gasteiger partial charge >= 0.3 is 0 Å². The van der Waals surface area contributed by atoms with Crippen molar-refractivity contribution in [3.63, 3.8) is 0 Å². The van der Waals surface area contributed by atoms with E-state index in [2.05, 4.69) is 26.4 Å². The van der Waals surface area contributed by atoms with Gasteiger partial charge in [0.2, 0.25) is 0 Å². The first kappa shape index (κ1) is 10.3. The van der Waals surface area contributed by atoms with Gasteiger partial charge in [0.15, 0.2) is 5.82 Å². The molecule has 1 fully saturated rings. The molecule has 2 aromatic heterocycles. The Bertz CT molecular complexity index is 473. The normalized spacial score (nSPS) is 16.1. The fourth-order valence-corrected chi connectivity index (χ4v) is 2.10. The fourth-order valence-electron chi connectivity index (χ4n) is 2.10. The van der Waals surface area contributed by atoms with Crippen molar-refractivity contribution < 1.29 is 0 Å². The molecule has 0 spiro atoms. The Kier molecular flexibility index (Phi) is 2.75. The van der Waals surface area contributed by atoms with Crippen molar-refractivity contribution in [1.29, 1.82) is 0 Å². The third-order valence-electron chi connectivity index (χ3n) is 2.93. The molecule has 0 bridgehead atoms. The van der Waals surface area contributed by atoms with Crippen LogP contribution >= 0.6 is 0 Å². The van der Waals surface area contributed by atoms with Crippen LogP contribution in [0.1, 0.15) is 0 Å². The van der Waals surface area contributed by atoms with E-state index in [0.717, 1.165) is 37.7 Å². The molecule has 0 radical (unpaired) electrons. The molecule has 5 heteroatoms. The van der Waals surface area contributed by atoms with E-state index >= 15 is 0 Å². The third kappa shape index (κ3) is 2.01. The minimum absolute atomic E-state index is 0.991. The van der Waals surface area contributed by atoms with Crippen LogP contribution in [0.3, 0.4) is 0 Å². The second kappa shape index (κ2) is 4.55. The highest BCUT2D eigenvalue weighted by molar-refractivity contribution is 5.57. The van der Waals surface area contributed by atoms with Crippen molar-refractivity contribution >= 4 is 5.82 Å². The Hall–Kier alpha value is -1.88. The zero-order valence-corrected chi connectivity index (χ0v) is 9.58. The zero-order valence-electron chi connectivity index (χ0n) is 9.58. The van der Waals surface area contributed by atoms with Gasteiger partial charge in [-0.05, 0) is 18.2 Å². The number of nitrogens with one attached hydrogen (secondary N) is 1. The molecule has 0 saturated carbocycles. The molecule has 1 aliphatic heterocycles. The average Bonchev–Trinajstić information content (AvgIpc) is 2.94. The van der Waals surface area contributed by atoms with Crippen LogP contribution in [0.25, 0.3) is 5.69 Å². The Labute approximate surface area is 100 Å². The minimum Gasteiger partial charge on any atom is -0.352 e. The average molecular weight is 229 g/mol.